The second kappa shape index (κ2) is 2.63. The molecule has 61 valence electrons. The van der Waals surface area contributed by atoms with Crippen LogP contribution in [0.5, 0.6) is 0 Å². The van der Waals surface area contributed by atoms with Crippen molar-refractivity contribution in [2.75, 3.05) is 0 Å². The predicted octanol–water partition coefficient (Wildman–Crippen LogP) is 2.68. The molecule has 1 radical (unpaired) electrons. The van der Waals surface area contributed by atoms with Crippen molar-refractivity contribution in [2.45, 2.75) is 6.42 Å². The summed E-state index contributed by atoms with van der Waals surface area (Å²) >= 11 is 0. The summed E-state index contributed by atoms with van der Waals surface area (Å²) in [4.78, 5) is 3.08. The lowest BCUT2D eigenvalue weighted by Crippen LogP contribution is -1.76. The monoisotopic (exact) mass is 162 g/mol. The molecule has 1 aromatic carbocycles. The molecule has 0 atom stereocenters. The minimum Gasteiger partial charge on any atom is -0.358 e. The van der Waals surface area contributed by atoms with Gasteiger partial charge in [0.05, 0.1) is 0 Å². The van der Waals surface area contributed by atoms with Gasteiger partial charge in [0.1, 0.15) is 5.82 Å². The Labute approximate surface area is 70.2 Å². The summed E-state index contributed by atoms with van der Waals surface area (Å²) in [5, 5.41) is 1.04. The number of nitrogens with one attached hydrogen (secondary N) is 1. The molecule has 1 aromatic heterocycles. The molecular weight excluding hydrogens is 153 g/mol. The average molecular weight is 162 g/mol. The highest BCUT2D eigenvalue weighted by molar-refractivity contribution is 5.80. The summed E-state index contributed by atoms with van der Waals surface area (Å²) in [5.41, 5.74) is 1.88. The van der Waals surface area contributed by atoms with Gasteiger partial charge in [0.15, 0.2) is 0 Å². The van der Waals surface area contributed by atoms with Crippen molar-refractivity contribution in [3.05, 3.63) is 42.7 Å². The number of aromatic amines is 1. The topological polar surface area (TPSA) is 15.8 Å². The van der Waals surface area contributed by atoms with E-state index in [9.17, 15) is 4.39 Å². The summed E-state index contributed by atoms with van der Waals surface area (Å²) in [6.45, 7) is 3.75. The fraction of sp³-hybridized carbons (Fsp3) is 0.100. The highest BCUT2D eigenvalue weighted by Gasteiger charge is 1.99. The Morgan fingerprint density at radius 1 is 1.33 bits per heavy atom. The van der Waals surface area contributed by atoms with Gasteiger partial charge in [-0.25, -0.2) is 4.39 Å². The van der Waals surface area contributed by atoms with E-state index in [4.69, 9.17) is 0 Å². The van der Waals surface area contributed by atoms with Gasteiger partial charge >= 0.3 is 0 Å². The molecule has 0 aliphatic carbocycles. The number of benzene rings is 1. The first-order valence-corrected chi connectivity index (χ1v) is 3.86. The Hall–Kier alpha value is -1.31. The molecule has 0 saturated heterocycles. The van der Waals surface area contributed by atoms with Crippen LogP contribution in [0.4, 0.5) is 4.39 Å². The predicted molar refractivity (Wildman–Crippen MR) is 47.3 cm³/mol. The van der Waals surface area contributed by atoms with E-state index in [-0.39, 0.29) is 5.82 Å². The standard InChI is InChI=1S/C10H9FN/c1-2-9-5-7-3-4-8(11)6-10(7)12-9/h3-6,12H,1-2H2. The van der Waals surface area contributed by atoms with E-state index >= 15 is 0 Å². The normalized spacial score (nSPS) is 10.8. The second-order valence-corrected chi connectivity index (χ2v) is 2.78. The van der Waals surface area contributed by atoms with Crippen LogP contribution >= 0.6 is 0 Å². The van der Waals surface area contributed by atoms with Crippen LogP contribution < -0.4 is 0 Å². The second-order valence-electron chi connectivity index (χ2n) is 2.78. The maximum absolute atomic E-state index is 12.7. The van der Waals surface area contributed by atoms with Crippen molar-refractivity contribution in [3.63, 3.8) is 0 Å². The van der Waals surface area contributed by atoms with Crippen molar-refractivity contribution in [3.8, 4) is 0 Å². The van der Waals surface area contributed by atoms with Gasteiger partial charge in [0.25, 0.3) is 0 Å². The van der Waals surface area contributed by atoms with Crippen LogP contribution in [0.2, 0.25) is 0 Å². The molecule has 0 aliphatic rings. The van der Waals surface area contributed by atoms with E-state index in [2.05, 4.69) is 11.9 Å². The van der Waals surface area contributed by atoms with Gasteiger partial charge in [-0.05, 0) is 43.0 Å². The molecule has 0 amide bonds. The first-order chi connectivity index (χ1) is 5.79. The van der Waals surface area contributed by atoms with Gasteiger partial charge in [0.2, 0.25) is 0 Å². The lowest BCUT2D eigenvalue weighted by Gasteiger charge is -1.88. The summed E-state index contributed by atoms with van der Waals surface area (Å²) < 4.78 is 12.7. The van der Waals surface area contributed by atoms with Crippen molar-refractivity contribution in [1.29, 1.82) is 0 Å². The van der Waals surface area contributed by atoms with Crippen molar-refractivity contribution in [2.24, 2.45) is 0 Å². The van der Waals surface area contributed by atoms with Gasteiger partial charge in [-0.15, -0.1) is 0 Å². The van der Waals surface area contributed by atoms with Gasteiger partial charge in [-0.1, -0.05) is 0 Å². The summed E-state index contributed by atoms with van der Waals surface area (Å²) in [5.74, 6) is -0.208. The Kier molecular flexibility index (Phi) is 1.61. The molecule has 1 nitrogen and oxygen atoms in total. The molecule has 0 unspecified atom stereocenters. The number of H-pyrrole nitrogens is 1. The molecule has 0 saturated carbocycles. The van der Waals surface area contributed by atoms with E-state index in [0.717, 1.165) is 16.6 Å². The van der Waals surface area contributed by atoms with Crippen LogP contribution in [0.15, 0.2) is 24.3 Å². The minimum absolute atomic E-state index is 0.208. The fourth-order valence-corrected chi connectivity index (χ4v) is 1.29. The fourth-order valence-electron chi connectivity index (χ4n) is 1.29. The Morgan fingerprint density at radius 3 is 2.92 bits per heavy atom. The van der Waals surface area contributed by atoms with Crippen molar-refractivity contribution in [1.82, 2.24) is 4.98 Å². The van der Waals surface area contributed by atoms with Crippen LogP contribution in [-0.2, 0) is 6.42 Å². The molecule has 2 rings (SSSR count). The lowest BCUT2D eigenvalue weighted by molar-refractivity contribution is 0.629. The molecule has 1 N–H and O–H groups in total. The van der Waals surface area contributed by atoms with Crippen LogP contribution in [0.3, 0.4) is 0 Å². The number of hydrogen-bond acceptors (Lipinski definition) is 0. The largest absolute Gasteiger partial charge is 0.358 e. The molecule has 1 heterocycles. The summed E-state index contributed by atoms with van der Waals surface area (Å²) in [6, 6.07) is 6.71. The number of halogens is 1. The van der Waals surface area contributed by atoms with Gasteiger partial charge in [-0.2, -0.15) is 0 Å². The summed E-state index contributed by atoms with van der Waals surface area (Å²) in [7, 11) is 0. The van der Waals surface area contributed by atoms with Gasteiger partial charge in [-0.3, -0.25) is 0 Å². The van der Waals surface area contributed by atoms with Crippen molar-refractivity contribution >= 4 is 10.9 Å². The van der Waals surface area contributed by atoms with E-state index < -0.39 is 0 Å². The number of rotatable bonds is 1. The van der Waals surface area contributed by atoms with Crippen LogP contribution in [-0.4, -0.2) is 4.98 Å². The Morgan fingerprint density at radius 2 is 2.17 bits per heavy atom. The van der Waals surface area contributed by atoms with E-state index in [1.807, 2.05) is 6.07 Å². The van der Waals surface area contributed by atoms with E-state index in [1.54, 1.807) is 6.07 Å². The maximum Gasteiger partial charge on any atom is 0.125 e. The highest BCUT2D eigenvalue weighted by atomic mass is 19.1. The maximum atomic E-state index is 12.7. The zero-order valence-corrected chi connectivity index (χ0v) is 6.60. The van der Waals surface area contributed by atoms with Crippen molar-refractivity contribution < 1.29 is 4.39 Å². The molecule has 2 aromatic rings. The third-order valence-corrected chi connectivity index (χ3v) is 1.91. The molecule has 0 bridgehead atoms. The van der Waals surface area contributed by atoms with Crippen LogP contribution in [0, 0.1) is 12.7 Å². The number of aromatic nitrogens is 1. The van der Waals surface area contributed by atoms with E-state index in [1.165, 1.54) is 12.1 Å². The summed E-state index contributed by atoms with van der Waals surface area (Å²) in [6.07, 6.45) is 0.705. The van der Waals surface area contributed by atoms with Gasteiger partial charge in [0, 0.05) is 11.2 Å². The first-order valence-electron chi connectivity index (χ1n) is 3.86. The molecular formula is C10H9FN. The number of hydrogen-bond donors (Lipinski definition) is 1. The SMILES string of the molecule is [CH2]Cc1cc2ccc(F)cc2[nH]1. The van der Waals surface area contributed by atoms with E-state index in [0.29, 0.717) is 6.42 Å². The lowest BCUT2D eigenvalue weighted by atomic mass is 10.2. The molecule has 12 heavy (non-hydrogen) atoms. The van der Waals surface area contributed by atoms with Crippen LogP contribution in [0.1, 0.15) is 5.69 Å². The first kappa shape index (κ1) is 7.35. The Balaban J connectivity index is 2.67. The Bertz CT molecular complexity index is 403. The molecule has 0 aliphatic heterocycles. The quantitative estimate of drug-likeness (QED) is 0.663. The zero-order chi connectivity index (χ0) is 8.55. The van der Waals surface area contributed by atoms with Crippen LogP contribution in [0.25, 0.3) is 10.9 Å². The van der Waals surface area contributed by atoms with Gasteiger partial charge < -0.3 is 4.98 Å². The third kappa shape index (κ3) is 1.09. The number of fused-ring (bicyclic) bond motifs is 1. The molecule has 2 heteroatoms. The zero-order valence-electron chi connectivity index (χ0n) is 6.60. The third-order valence-electron chi connectivity index (χ3n) is 1.91. The minimum atomic E-state index is -0.208. The molecule has 0 spiro atoms. The smallest absolute Gasteiger partial charge is 0.125 e. The average Bonchev–Trinajstić information content (AvgIpc) is 2.46. The highest BCUT2D eigenvalue weighted by Crippen LogP contribution is 2.16. The molecule has 0 fully saturated rings.